The van der Waals surface area contributed by atoms with E-state index in [2.05, 4.69) is 15.6 Å². The van der Waals surface area contributed by atoms with Gasteiger partial charge in [-0.2, -0.15) is 0 Å². The van der Waals surface area contributed by atoms with E-state index in [0.717, 1.165) is 18.2 Å². The van der Waals surface area contributed by atoms with E-state index in [1.807, 2.05) is 0 Å². The number of ether oxygens (including phenoxy) is 1. The second kappa shape index (κ2) is 8.01. The van der Waals surface area contributed by atoms with E-state index in [1.165, 1.54) is 0 Å². The maximum absolute atomic E-state index is 12.4. The lowest BCUT2D eigenvalue weighted by Gasteiger charge is -2.30. The first-order chi connectivity index (χ1) is 12.5. The minimum Gasteiger partial charge on any atom is -0.381 e. The second-order valence-corrected chi connectivity index (χ2v) is 6.43. The van der Waals surface area contributed by atoms with Crippen LogP contribution in [0.1, 0.15) is 19.3 Å². The van der Waals surface area contributed by atoms with Crippen LogP contribution in [0.3, 0.4) is 0 Å². The highest BCUT2D eigenvalue weighted by Gasteiger charge is 2.27. The van der Waals surface area contributed by atoms with Crippen molar-refractivity contribution in [1.29, 1.82) is 0 Å². The van der Waals surface area contributed by atoms with Crippen molar-refractivity contribution in [3.8, 4) is 0 Å². The number of amides is 3. The maximum Gasteiger partial charge on any atom is 0.319 e. The van der Waals surface area contributed by atoms with E-state index in [4.69, 9.17) is 10.5 Å². The molecule has 1 aliphatic rings. The fourth-order valence-electron chi connectivity index (χ4n) is 3.27. The molecule has 1 saturated heterocycles. The second-order valence-electron chi connectivity index (χ2n) is 6.43. The summed E-state index contributed by atoms with van der Waals surface area (Å²) < 4.78 is 5.33. The average molecular weight is 358 g/mol. The number of rotatable bonds is 5. The van der Waals surface area contributed by atoms with Gasteiger partial charge in [0.05, 0.1) is 0 Å². The zero-order valence-electron chi connectivity index (χ0n) is 14.3. The van der Waals surface area contributed by atoms with Gasteiger partial charge in [-0.1, -0.05) is 6.07 Å². The molecule has 2 heterocycles. The highest BCUT2D eigenvalue weighted by Crippen LogP contribution is 2.21. The largest absolute Gasteiger partial charge is 0.381 e. The molecule has 0 radical (unpaired) electrons. The maximum atomic E-state index is 12.4. The summed E-state index contributed by atoms with van der Waals surface area (Å²) in [5.41, 5.74) is 5.60. The Hall–Kier alpha value is -2.87. The van der Waals surface area contributed by atoms with Crippen molar-refractivity contribution in [3.63, 3.8) is 0 Å². The number of aromatic amines is 1. The lowest BCUT2D eigenvalue weighted by atomic mass is 9.89. The third-order valence-corrected chi connectivity index (χ3v) is 4.61. The molecular weight excluding hydrogens is 336 g/mol. The van der Waals surface area contributed by atoms with Crippen molar-refractivity contribution in [1.82, 2.24) is 10.3 Å². The van der Waals surface area contributed by atoms with Gasteiger partial charge in [0.1, 0.15) is 0 Å². The van der Waals surface area contributed by atoms with Crippen LogP contribution < -0.4 is 21.9 Å². The Morgan fingerprint density at radius 2 is 2.04 bits per heavy atom. The third kappa shape index (κ3) is 4.40. The topological polar surface area (TPSA) is 126 Å². The molecule has 1 fully saturated rings. The number of carbonyl (C=O) groups excluding carboxylic acids is 2. The van der Waals surface area contributed by atoms with Crippen molar-refractivity contribution in [2.45, 2.75) is 25.3 Å². The molecule has 3 rings (SSSR count). The van der Waals surface area contributed by atoms with Gasteiger partial charge in [-0.15, -0.1) is 0 Å². The molecule has 3 amide bonds. The fourth-order valence-corrected chi connectivity index (χ4v) is 3.27. The number of hydrogen-bond acceptors (Lipinski definition) is 4. The minimum atomic E-state index is -0.459. The molecular formula is C18H22N4O4. The monoisotopic (exact) mass is 358 g/mol. The average Bonchev–Trinajstić information content (AvgIpc) is 2.62. The first-order valence-corrected chi connectivity index (χ1v) is 8.58. The number of pyridine rings is 1. The van der Waals surface area contributed by atoms with E-state index in [9.17, 15) is 14.4 Å². The summed E-state index contributed by atoms with van der Waals surface area (Å²) >= 11 is 0. The first-order valence-electron chi connectivity index (χ1n) is 8.58. The third-order valence-electron chi connectivity index (χ3n) is 4.61. The van der Waals surface area contributed by atoms with Gasteiger partial charge in [-0.3, -0.25) is 9.59 Å². The Morgan fingerprint density at radius 3 is 2.77 bits per heavy atom. The van der Waals surface area contributed by atoms with Crippen LogP contribution in [-0.2, 0) is 9.53 Å². The molecule has 1 aliphatic heterocycles. The normalized spacial score (nSPS) is 16.2. The summed E-state index contributed by atoms with van der Waals surface area (Å²) in [5.74, 6) is -0.319. The van der Waals surface area contributed by atoms with Gasteiger partial charge in [-0.05, 0) is 42.3 Å². The van der Waals surface area contributed by atoms with Crippen molar-refractivity contribution in [3.05, 3.63) is 40.8 Å². The minimum absolute atomic E-state index is 0.0788. The highest BCUT2D eigenvalue weighted by atomic mass is 16.5. The molecule has 1 aromatic heterocycles. The van der Waals surface area contributed by atoms with Gasteiger partial charge in [0.25, 0.3) is 5.56 Å². The number of benzene rings is 1. The predicted molar refractivity (Wildman–Crippen MR) is 97.9 cm³/mol. The van der Waals surface area contributed by atoms with Crippen LogP contribution in [0.4, 0.5) is 10.5 Å². The molecule has 0 spiro atoms. The highest BCUT2D eigenvalue weighted by molar-refractivity contribution is 5.93. The molecule has 0 saturated carbocycles. The smallest absolute Gasteiger partial charge is 0.319 e. The quantitative estimate of drug-likeness (QED) is 0.643. The van der Waals surface area contributed by atoms with E-state index in [0.29, 0.717) is 24.3 Å². The van der Waals surface area contributed by atoms with Crippen molar-refractivity contribution in [2.24, 2.45) is 11.7 Å². The van der Waals surface area contributed by atoms with Crippen LogP contribution in [0.5, 0.6) is 0 Å². The zero-order valence-corrected chi connectivity index (χ0v) is 14.3. The molecule has 8 heteroatoms. The number of nitrogens with two attached hydrogens (primary N) is 1. The van der Waals surface area contributed by atoms with Gasteiger partial charge in [0.2, 0.25) is 5.91 Å². The Balaban J connectivity index is 1.70. The predicted octanol–water partition coefficient (Wildman–Crippen LogP) is 1.32. The summed E-state index contributed by atoms with van der Waals surface area (Å²) in [4.78, 5) is 38.2. The number of anilines is 1. The standard InChI is InChI=1S/C18H22N4O4/c19-16(23)10-15(12-4-7-26-8-5-12)22-18(25)21-13-2-1-11-3-6-20-17(24)14(11)9-13/h1-3,6,9,12,15H,4-5,7-8,10H2,(H2,19,23)(H,20,24)(H2,21,22,25). The molecule has 1 atom stereocenters. The van der Waals surface area contributed by atoms with Crippen LogP contribution in [0.25, 0.3) is 10.8 Å². The number of fused-ring (bicyclic) bond motifs is 1. The Bertz CT molecular complexity index is 858. The van der Waals surface area contributed by atoms with Crippen LogP contribution in [-0.4, -0.2) is 36.2 Å². The molecule has 1 aromatic carbocycles. The summed E-state index contributed by atoms with van der Waals surface area (Å²) in [5, 5.41) is 6.83. The Labute approximate surface area is 150 Å². The van der Waals surface area contributed by atoms with E-state index in [-0.39, 0.29) is 23.9 Å². The summed E-state index contributed by atoms with van der Waals surface area (Å²) in [6, 6.07) is 6.10. The zero-order chi connectivity index (χ0) is 18.5. The van der Waals surface area contributed by atoms with E-state index >= 15 is 0 Å². The number of nitrogens with one attached hydrogen (secondary N) is 3. The van der Waals surface area contributed by atoms with Crippen LogP contribution in [0.2, 0.25) is 0 Å². The number of primary amides is 1. The van der Waals surface area contributed by atoms with Crippen molar-refractivity contribution >= 4 is 28.4 Å². The van der Waals surface area contributed by atoms with Crippen LogP contribution in [0.15, 0.2) is 35.3 Å². The molecule has 5 N–H and O–H groups in total. The Morgan fingerprint density at radius 1 is 1.27 bits per heavy atom. The Kier molecular flexibility index (Phi) is 5.52. The molecule has 8 nitrogen and oxygen atoms in total. The molecule has 0 bridgehead atoms. The molecule has 2 aromatic rings. The van der Waals surface area contributed by atoms with Crippen molar-refractivity contribution < 1.29 is 14.3 Å². The molecule has 0 aliphatic carbocycles. The van der Waals surface area contributed by atoms with Crippen LogP contribution in [0, 0.1) is 5.92 Å². The SMILES string of the molecule is NC(=O)CC(NC(=O)Nc1ccc2cc[nH]c(=O)c2c1)C1CCOCC1. The van der Waals surface area contributed by atoms with Gasteiger partial charge in [-0.25, -0.2) is 4.79 Å². The molecule has 26 heavy (non-hydrogen) atoms. The van der Waals surface area contributed by atoms with E-state index in [1.54, 1.807) is 30.5 Å². The van der Waals surface area contributed by atoms with Gasteiger partial charge >= 0.3 is 6.03 Å². The first kappa shape index (κ1) is 17.9. The summed E-state index contributed by atoms with van der Waals surface area (Å²) in [7, 11) is 0. The number of urea groups is 1. The van der Waals surface area contributed by atoms with Gasteiger partial charge in [0.15, 0.2) is 0 Å². The van der Waals surface area contributed by atoms with Gasteiger partial charge < -0.3 is 26.1 Å². The number of carbonyl (C=O) groups is 2. The number of hydrogen-bond donors (Lipinski definition) is 4. The van der Waals surface area contributed by atoms with Crippen molar-refractivity contribution in [2.75, 3.05) is 18.5 Å². The molecule has 138 valence electrons. The number of aromatic nitrogens is 1. The molecule has 1 unspecified atom stereocenters. The van der Waals surface area contributed by atoms with Gasteiger partial charge in [0, 0.05) is 42.9 Å². The lowest BCUT2D eigenvalue weighted by Crippen LogP contribution is -2.46. The van der Waals surface area contributed by atoms with Crippen LogP contribution >= 0.6 is 0 Å². The number of H-pyrrole nitrogens is 1. The fraction of sp³-hybridized carbons (Fsp3) is 0.389. The van der Waals surface area contributed by atoms with E-state index < -0.39 is 11.9 Å². The summed E-state index contributed by atoms with van der Waals surface area (Å²) in [6.45, 7) is 1.22. The summed E-state index contributed by atoms with van der Waals surface area (Å²) in [6.07, 6.45) is 3.19. The lowest BCUT2D eigenvalue weighted by molar-refractivity contribution is -0.118.